The Hall–Kier alpha value is -1.38. The number of nitrogens with zero attached hydrogens (tertiary/aromatic N) is 1. The molecule has 0 aliphatic carbocycles. The lowest BCUT2D eigenvalue weighted by Crippen LogP contribution is -2.16. The molecule has 0 fully saturated rings. The van der Waals surface area contributed by atoms with Gasteiger partial charge >= 0.3 is 0 Å². The van der Waals surface area contributed by atoms with Crippen LogP contribution in [-0.2, 0) is 14.6 Å². The Bertz CT molecular complexity index is 531. The van der Waals surface area contributed by atoms with E-state index in [9.17, 15) is 8.42 Å². The Kier molecular flexibility index (Phi) is 5.32. The molecule has 0 radical (unpaired) electrons. The van der Waals surface area contributed by atoms with E-state index in [0.29, 0.717) is 5.56 Å². The number of ether oxygens (including phenoxy) is 1. The van der Waals surface area contributed by atoms with Crippen LogP contribution in [0.4, 0.5) is 0 Å². The Morgan fingerprint density at radius 2 is 2.17 bits per heavy atom. The van der Waals surface area contributed by atoms with E-state index < -0.39 is 9.84 Å². The lowest BCUT2D eigenvalue weighted by atomic mass is 10.2. The summed E-state index contributed by atoms with van der Waals surface area (Å²) >= 11 is 0. The first-order valence-electron chi connectivity index (χ1n) is 5.84. The van der Waals surface area contributed by atoms with Crippen LogP contribution in [0.3, 0.4) is 0 Å². The van der Waals surface area contributed by atoms with E-state index in [1.54, 1.807) is 12.1 Å². The number of hydrogen-bond donors (Lipinski definition) is 0. The van der Waals surface area contributed by atoms with Gasteiger partial charge in [-0.05, 0) is 31.5 Å². The van der Waals surface area contributed by atoms with Crippen molar-refractivity contribution in [2.24, 2.45) is 0 Å². The smallest absolute Gasteiger partial charge is 0.180 e. The largest absolute Gasteiger partial charge is 0.377 e. The molecule has 1 rings (SSSR count). The predicted molar refractivity (Wildman–Crippen MR) is 68.9 cm³/mol. The van der Waals surface area contributed by atoms with E-state index in [4.69, 9.17) is 10.00 Å². The van der Waals surface area contributed by atoms with Crippen molar-refractivity contribution >= 4 is 9.84 Å². The van der Waals surface area contributed by atoms with Crippen LogP contribution in [0.5, 0.6) is 0 Å². The quantitative estimate of drug-likeness (QED) is 0.792. The zero-order valence-corrected chi connectivity index (χ0v) is 11.4. The summed E-state index contributed by atoms with van der Waals surface area (Å²) in [5.41, 5.74) is 0.346. The van der Waals surface area contributed by atoms with Gasteiger partial charge in [0.1, 0.15) is 0 Å². The zero-order valence-electron chi connectivity index (χ0n) is 10.6. The average Bonchev–Trinajstić information content (AvgIpc) is 2.38. The van der Waals surface area contributed by atoms with Crippen LogP contribution in [0.25, 0.3) is 0 Å². The molecule has 0 bridgehead atoms. The molecule has 1 aromatic carbocycles. The SMILES string of the molecule is CCC(C)OCCS(=O)(=O)c1cccc(C#N)c1. The van der Waals surface area contributed by atoms with Crippen molar-refractivity contribution in [1.82, 2.24) is 0 Å². The second-order valence-corrected chi connectivity index (χ2v) is 6.16. The minimum Gasteiger partial charge on any atom is -0.377 e. The monoisotopic (exact) mass is 267 g/mol. The first-order valence-corrected chi connectivity index (χ1v) is 7.49. The van der Waals surface area contributed by atoms with Crippen molar-refractivity contribution in [3.05, 3.63) is 29.8 Å². The van der Waals surface area contributed by atoms with Crippen LogP contribution < -0.4 is 0 Å². The fraction of sp³-hybridized carbons (Fsp3) is 0.462. The fourth-order valence-corrected chi connectivity index (χ4v) is 2.50. The van der Waals surface area contributed by atoms with Gasteiger partial charge in [0, 0.05) is 0 Å². The summed E-state index contributed by atoms with van der Waals surface area (Å²) in [6.45, 7) is 4.06. The highest BCUT2D eigenvalue weighted by atomic mass is 32.2. The highest BCUT2D eigenvalue weighted by molar-refractivity contribution is 7.91. The number of hydrogen-bond acceptors (Lipinski definition) is 4. The summed E-state index contributed by atoms with van der Waals surface area (Å²) in [5.74, 6) is -0.0633. The molecule has 4 nitrogen and oxygen atoms in total. The van der Waals surface area contributed by atoms with Gasteiger partial charge in [-0.25, -0.2) is 8.42 Å². The molecule has 0 aromatic heterocycles. The summed E-state index contributed by atoms with van der Waals surface area (Å²) < 4.78 is 29.3. The molecule has 0 N–H and O–H groups in total. The summed E-state index contributed by atoms with van der Waals surface area (Å²) in [6.07, 6.45) is 0.912. The third-order valence-corrected chi connectivity index (χ3v) is 4.33. The fourth-order valence-electron chi connectivity index (χ4n) is 1.35. The van der Waals surface area contributed by atoms with Gasteiger partial charge in [0.25, 0.3) is 0 Å². The van der Waals surface area contributed by atoms with Gasteiger partial charge in [-0.1, -0.05) is 13.0 Å². The minimum absolute atomic E-state index is 0.0608. The Morgan fingerprint density at radius 1 is 1.44 bits per heavy atom. The minimum atomic E-state index is -3.37. The molecule has 0 aliphatic rings. The molecule has 0 saturated heterocycles. The standard InChI is InChI=1S/C13H17NO3S/c1-3-11(2)17-7-8-18(15,16)13-6-4-5-12(9-13)10-14/h4-6,9,11H,3,7-8H2,1-2H3. The normalized spacial score (nSPS) is 12.9. The molecular formula is C13H17NO3S. The Morgan fingerprint density at radius 3 is 2.78 bits per heavy atom. The van der Waals surface area contributed by atoms with Crippen LogP contribution in [0.15, 0.2) is 29.2 Å². The van der Waals surface area contributed by atoms with E-state index >= 15 is 0 Å². The van der Waals surface area contributed by atoms with Crippen LogP contribution >= 0.6 is 0 Å². The number of rotatable bonds is 6. The number of sulfone groups is 1. The highest BCUT2D eigenvalue weighted by Crippen LogP contribution is 2.13. The van der Waals surface area contributed by atoms with Crippen LogP contribution in [0, 0.1) is 11.3 Å². The molecule has 1 atom stereocenters. The lowest BCUT2D eigenvalue weighted by molar-refractivity contribution is 0.0752. The topological polar surface area (TPSA) is 67.2 Å². The third-order valence-electron chi connectivity index (χ3n) is 2.65. The number of nitriles is 1. The molecule has 0 saturated carbocycles. The van der Waals surface area contributed by atoms with Gasteiger partial charge in [-0.15, -0.1) is 0 Å². The van der Waals surface area contributed by atoms with E-state index in [2.05, 4.69) is 0 Å². The summed E-state index contributed by atoms with van der Waals surface area (Å²) in [4.78, 5) is 0.175. The van der Waals surface area contributed by atoms with Crippen LogP contribution in [0.1, 0.15) is 25.8 Å². The van der Waals surface area contributed by atoms with Gasteiger partial charge in [0.2, 0.25) is 0 Å². The Labute approximate surface area is 108 Å². The second kappa shape index (κ2) is 6.53. The van der Waals surface area contributed by atoms with Crippen molar-refractivity contribution in [2.45, 2.75) is 31.3 Å². The van der Waals surface area contributed by atoms with E-state index in [-0.39, 0.29) is 23.4 Å². The lowest BCUT2D eigenvalue weighted by Gasteiger charge is -2.10. The summed E-state index contributed by atoms with van der Waals surface area (Å²) in [6, 6.07) is 7.96. The molecule has 0 aliphatic heterocycles. The van der Waals surface area contributed by atoms with Gasteiger partial charge in [-0.3, -0.25) is 0 Å². The number of benzene rings is 1. The molecule has 1 unspecified atom stereocenters. The molecular weight excluding hydrogens is 250 g/mol. The Balaban J connectivity index is 2.72. The molecule has 0 spiro atoms. The average molecular weight is 267 g/mol. The first kappa shape index (κ1) is 14.7. The maximum Gasteiger partial charge on any atom is 0.180 e. The van der Waals surface area contributed by atoms with Crippen LogP contribution in [0.2, 0.25) is 0 Å². The van der Waals surface area contributed by atoms with E-state index in [0.717, 1.165) is 6.42 Å². The van der Waals surface area contributed by atoms with Gasteiger partial charge < -0.3 is 4.74 Å². The zero-order chi connectivity index (χ0) is 13.6. The third kappa shape index (κ3) is 4.13. The molecule has 0 amide bonds. The molecule has 5 heteroatoms. The van der Waals surface area contributed by atoms with Gasteiger partial charge in [0.05, 0.1) is 35.0 Å². The molecule has 1 aromatic rings. The van der Waals surface area contributed by atoms with Gasteiger partial charge in [0.15, 0.2) is 9.84 Å². The summed E-state index contributed by atoms with van der Waals surface area (Å²) in [7, 11) is -3.37. The van der Waals surface area contributed by atoms with Crippen molar-refractivity contribution < 1.29 is 13.2 Å². The van der Waals surface area contributed by atoms with Crippen molar-refractivity contribution in [3.63, 3.8) is 0 Å². The van der Waals surface area contributed by atoms with Crippen molar-refractivity contribution in [1.29, 1.82) is 5.26 Å². The van der Waals surface area contributed by atoms with Crippen molar-refractivity contribution in [2.75, 3.05) is 12.4 Å². The molecule has 98 valence electrons. The summed E-state index contributed by atoms with van der Waals surface area (Å²) in [5, 5.41) is 8.74. The maximum atomic E-state index is 12.0. The molecule has 18 heavy (non-hydrogen) atoms. The van der Waals surface area contributed by atoms with Gasteiger partial charge in [-0.2, -0.15) is 5.26 Å². The predicted octanol–water partition coefficient (Wildman–Crippen LogP) is 2.15. The van der Waals surface area contributed by atoms with Crippen molar-refractivity contribution in [3.8, 4) is 6.07 Å². The van der Waals surface area contributed by atoms with E-state index in [1.165, 1.54) is 12.1 Å². The molecule has 0 heterocycles. The second-order valence-electron chi connectivity index (χ2n) is 4.05. The van der Waals surface area contributed by atoms with Crippen LogP contribution in [-0.4, -0.2) is 26.9 Å². The maximum absolute atomic E-state index is 12.0. The van der Waals surface area contributed by atoms with E-state index in [1.807, 2.05) is 19.9 Å². The first-order chi connectivity index (χ1) is 8.49. The highest BCUT2D eigenvalue weighted by Gasteiger charge is 2.15.